The van der Waals surface area contributed by atoms with Gasteiger partial charge in [0.1, 0.15) is 5.65 Å². The summed E-state index contributed by atoms with van der Waals surface area (Å²) in [6.07, 6.45) is 4.36. The maximum atomic E-state index is 14.6. The number of hydrogen-bond acceptors (Lipinski definition) is 3. The first kappa shape index (κ1) is 14.9. The third kappa shape index (κ3) is 2.50. The number of amides is 1. The summed E-state index contributed by atoms with van der Waals surface area (Å²) in [6.45, 7) is 2.66. The fourth-order valence-electron chi connectivity index (χ4n) is 3.63. The summed E-state index contributed by atoms with van der Waals surface area (Å²) in [5.74, 6) is -1.01. The molecule has 2 fully saturated rings. The van der Waals surface area contributed by atoms with Crippen molar-refractivity contribution in [3.8, 4) is 0 Å². The Kier molecular flexibility index (Phi) is 3.54. The molecule has 1 atom stereocenters. The Labute approximate surface area is 138 Å². The molecule has 5 nitrogen and oxygen atoms in total. The topological polar surface area (TPSA) is 46.8 Å². The Morgan fingerprint density at radius 1 is 1.39 bits per heavy atom. The summed E-state index contributed by atoms with van der Waals surface area (Å²) in [4.78, 5) is 18.6. The summed E-state index contributed by atoms with van der Waals surface area (Å²) in [6, 6.07) is 3.23. The molecule has 1 spiro atoms. The second kappa shape index (κ2) is 5.46. The van der Waals surface area contributed by atoms with Gasteiger partial charge in [-0.25, -0.2) is 4.98 Å². The van der Waals surface area contributed by atoms with Gasteiger partial charge in [0.15, 0.2) is 5.69 Å². The van der Waals surface area contributed by atoms with Crippen LogP contribution in [0.25, 0.3) is 5.65 Å². The van der Waals surface area contributed by atoms with Crippen LogP contribution in [0.15, 0.2) is 18.3 Å². The van der Waals surface area contributed by atoms with E-state index in [-0.39, 0.29) is 17.0 Å². The number of likely N-dealkylation sites (tertiary alicyclic amines) is 1. The Morgan fingerprint density at radius 3 is 3.04 bits per heavy atom. The first-order valence-corrected chi connectivity index (χ1v) is 8.16. The van der Waals surface area contributed by atoms with Crippen LogP contribution in [-0.4, -0.2) is 46.5 Å². The van der Waals surface area contributed by atoms with Crippen molar-refractivity contribution < 1.29 is 13.9 Å². The van der Waals surface area contributed by atoms with Crippen molar-refractivity contribution in [3.63, 3.8) is 0 Å². The van der Waals surface area contributed by atoms with Crippen LogP contribution < -0.4 is 0 Å². The van der Waals surface area contributed by atoms with E-state index in [1.165, 1.54) is 10.6 Å². The van der Waals surface area contributed by atoms with Crippen molar-refractivity contribution in [2.24, 2.45) is 5.41 Å². The van der Waals surface area contributed by atoms with Crippen LogP contribution in [0.2, 0.25) is 5.02 Å². The zero-order chi connectivity index (χ0) is 16.0. The smallest absolute Gasteiger partial charge is 0.277 e. The molecule has 0 saturated carbocycles. The number of rotatable bonds is 1. The summed E-state index contributed by atoms with van der Waals surface area (Å²) in [5, 5.41) is 0.396. The third-order valence-corrected chi connectivity index (χ3v) is 5.08. The minimum atomic E-state index is -0.658. The van der Waals surface area contributed by atoms with Crippen molar-refractivity contribution in [2.45, 2.75) is 19.3 Å². The fraction of sp³-hybridized carbons (Fsp3) is 0.500. The second-order valence-corrected chi connectivity index (χ2v) is 6.90. The normalized spacial score (nSPS) is 24.7. The number of pyridine rings is 1. The highest BCUT2D eigenvalue weighted by Crippen LogP contribution is 2.38. The van der Waals surface area contributed by atoms with Gasteiger partial charge in [0.05, 0.1) is 11.6 Å². The molecule has 0 bridgehead atoms. The van der Waals surface area contributed by atoms with Gasteiger partial charge in [-0.1, -0.05) is 11.6 Å². The van der Waals surface area contributed by atoms with Crippen LogP contribution in [0, 0.1) is 11.4 Å². The molecule has 2 aliphatic heterocycles. The molecule has 1 amide bonds. The number of aromatic nitrogens is 2. The van der Waals surface area contributed by atoms with E-state index >= 15 is 0 Å². The highest BCUT2D eigenvalue weighted by Gasteiger charge is 2.41. The maximum absolute atomic E-state index is 14.6. The lowest BCUT2D eigenvalue weighted by Gasteiger charge is -2.39. The first-order chi connectivity index (χ1) is 11.1. The molecular weight excluding hydrogens is 321 g/mol. The van der Waals surface area contributed by atoms with Crippen LogP contribution in [0.3, 0.4) is 0 Å². The molecule has 2 aromatic heterocycles. The SMILES string of the molecule is O=C(c1nc2ccc(Cl)cn2c1F)N1CCCC2(CCOC2)C1. The second-order valence-electron chi connectivity index (χ2n) is 6.46. The van der Waals surface area contributed by atoms with E-state index in [0.29, 0.717) is 30.4 Å². The molecule has 1 unspecified atom stereocenters. The molecule has 0 aromatic carbocycles. The standard InChI is InChI=1S/C16H17ClFN3O2/c17-11-2-3-12-19-13(14(18)21(12)8-11)15(22)20-6-1-4-16(9-20)5-7-23-10-16/h2-3,8H,1,4-7,9-10H2. The van der Waals surface area contributed by atoms with Gasteiger partial charge < -0.3 is 9.64 Å². The molecule has 122 valence electrons. The van der Waals surface area contributed by atoms with Gasteiger partial charge in [-0.2, -0.15) is 4.39 Å². The van der Waals surface area contributed by atoms with Crippen LogP contribution in [0.5, 0.6) is 0 Å². The predicted molar refractivity (Wildman–Crippen MR) is 83.2 cm³/mol. The third-order valence-electron chi connectivity index (χ3n) is 4.86. The van der Waals surface area contributed by atoms with Crippen LogP contribution in [0.1, 0.15) is 29.8 Å². The van der Waals surface area contributed by atoms with Crippen LogP contribution in [-0.2, 0) is 4.74 Å². The van der Waals surface area contributed by atoms with Gasteiger partial charge in [0.25, 0.3) is 5.91 Å². The van der Waals surface area contributed by atoms with Crippen molar-refractivity contribution in [2.75, 3.05) is 26.3 Å². The molecule has 23 heavy (non-hydrogen) atoms. The van der Waals surface area contributed by atoms with Gasteiger partial charge in [-0.3, -0.25) is 9.20 Å². The van der Waals surface area contributed by atoms with E-state index in [4.69, 9.17) is 16.3 Å². The predicted octanol–water partition coefficient (Wildman–Crippen LogP) is 2.77. The average molecular weight is 338 g/mol. The molecule has 4 heterocycles. The fourth-order valence-corrected chi connectivity index (χ4v) is 3.79. The number of imidazole rings is 1. The molecule has 0 aliphatic carbocycles. The number of hydrogen-bond donors (Lipinski definition) is 0. The highest BCUT2D eigenvalue weighted by atomic mass is 35.5. The first-order valence-electron chi connectivity index (χ1n) is 7.78. The number of carbonyl (C=O) groups is 1. The molecule has 2 aromatic rings. The van der Waals surface area contributed by atoms with Gasteiger partial charge in [0.2, 0.25) is 5.95 Å². The largest absolute Gasteiger partial charge is 0.381 e. The Bertz CT molecular complexity index is 770. The summed E-state index contributed by atoms with van der Waals surface area (Å²) in [7, 11) is 0. The molecule has 4 rings (SSSR count). The summed E-state index contributed by atoms with van der Waals surface area (Å²) >= 11 is 5.89. The van der Waals surface area contributed by atoms with Gasteiger partial charge in [-0.15, -0.1) is 0 Å². The van der Waals surface area contributed by atoms with E-state index in [9.17, 15) is 9.18 Å². The van der Waals surface area contributed by atoms with E-state index in [2.05, 4.69) is 4.98 Å². The van der Waals surface area contributed by atoms with Crippen LogP contribution in [0.4, 0.5) is 4.39 Å². The molecule has 7 heteroatoms. The zero-order valence-corrected chi connectivity index (χ0v) is 13.4. The van der Waals surface area contributed by atoms with E-state index in [1.54, 1.807) is 17.0 Å². The average Bonchev–Trinajstić information content (AvgIpc) is 3.12. The van der Waals surface area contributed by atoms with Gasteiger partial charge >= 0.3 is 0 Å². The van der Waals surface area contributed by atoms with E-state index in [1.807, 2.05) is 0 Å². The molecular formula is C16H17ClFN3O2. The summed E-state index contributed by atoms with van der Waals surface area (Å²) in [5.41, 5.74) is 0.279. The number of carbonyl (C=O) groups excluding carboxylic acids is 1. The Morgan fingerprint density at radius 2 is 2.26 bits per heavy atom. The number of nitrogens with zero attached hydrogens (tertiary/aromatic N) is 3. The molecule has 0 N–H and O–H groups in total. The number of ether oxygens (including phenoxy) is 1. The molecule has 2 aliphatic rings. The minimum Gasteiger partial charge on any atom is -0.381 e. The Balaban J connectivity index is 1.65. The number of piperidine rings is 1. The van der Waals surface area contributed by atoms with Gasteiger partial charge in [0, 0.05) is 31.3 Å². The monoisotopic (exact) mass is 337 g/mol. The van der Waals surface area contributed by atoms with Crippen molar-refractivity contribution >= 4 is 23.2 Å². The minimum absolute atomic E-state index is 0.0346. The van der Waals surface area contributed by atoms with Crippen molar-refractivity contribution in [3.05, 3.63) is 35.0 Å². The van der Waals surface area contributed by atoms with Crippen molar-refractivity contribution in [1.29, 1.82) is 0 Å². The Hall–Kier alpha value is -1.66. The number of halogens is 2. The highest BCUT2D eigenvalue weighted by molar-refractivity contribution is 6.30. The molecule has 2 saturated heterocycles. The van der Waals surface area contributed by atoms with Crippen LogP contribution >= 0.6 is 11.6 Å². The maximum Gasteiger partial charge on any atom is 0.277 e. The van der Waals surface area contributed by atoms with E-state index in [0.717, 1.165) is 25.9 Å². The quantitative estimate of drug-likeness (QED) is 0.804. The zero-order valence-electron chi connectivity index (χ0n) is 12.6. The lowest BCUT2D eigenvalue weighted by atomic mass is 9.79. The lowest BCUT2D eigenvalue weighted by Crippen LogP contribution is -2.46. The van der Waals surface area contributed by atoms with E-state index < -0.39 is 5.95 Å². The summed E-state index contributed by atoms with van der Waals surface area (Å²) < 4.78 is 21.3. The number of fused-ring (bicyclic) bond motifs is 1. The molecule has 0 radical (unpaired) electrons. The lowest BCUT2D eigenvalue weighted by molar-refractivity contribution is 0.0454. The van der Waals surface area contributed by atoms with Crippen molar-refractivity contribution in [1.82, 2.24) is 14.3 Å². The van der Waals surface area contributed by atoms with Gasteiger partial charge in [-0.05, 0) is 31.4 Å².